The Balaban J connectivity index is 2.01. The van der Waals surface area contributed by atoms with Crippen molar-refractivity contribution >= 4 is 11.6 Å². The van der Waals surface area contributed by atoms with Crippen LogP contribution in [0.5, 0.6) is 0 Å². The highest BCUT2D eigenvalue weighted by Crippen LogP contribution is 2.20. The summed E-state index contributed by atoms with van der Waals surface area (Å²) in [6.45, 7) is 7.98. The van der Waals surface area contributed by atoms with Crippen LogP contribution in [0.2, 0.25) is 0 Å². The molecule has 0 unspecified atom stereocenters. The predicted octanol–water partition coefficient (Wildman–Crippen LogP) is 2.63. The van der Waals surface area contributed by atoms with Crippen LogP contribution in [0.4, 0.5) is 5.69 Å². The highest BCUT2D eigenvalue weighted by atomic mass is 16.2. The normalized spacial score (nSPS) is 18.9. The molecule has 1 saturated heterocycles. The summed E-state index contributed by atoms with van der Waals surface area (Å²) in [6, 6.07) is -0.0814. The summed E-state index contributed by atoms with van der Waals surface area (Å²) >= 11 is 0. The summed E-state index contributed by atoms with van der Waals surface area (Å²) < 4.78 is 1.81. The highest BCUT2D eigenvalue weighted by molar-refractivity contribution is 5.95. The number of nitrogens with zero attached hydrogens (tertiary/aromatic N) is 3. The summed E-state index contributed by atoms with van der Waals surface area (Å²) in [5.41, 5.74) is 2.74. The molecule has 118 valence electrons. The van der Waals surface area contributed by atoms with E-state index in [9.17, 15) is 4.79 Å². The molecule has 2 heterocycles. The van der Waals surface area contributed by atoms with E-state index in [1.54, 1.807) is 0 Å². The molecule has 1 aliphatic rings. The topological polar surface area (TPSA) is 50.2 Å². The Kier molecular flexibility index (Phi) is 5.39. The molecule has 0 spiro atoms. The summed E-state index contributed by atoms with van der Waals surface area (Å²) in [5.74, 6) is 0.0785. The van der Waals surface area contributed by atoms with Crippen LogP contribution in [0.25, 0.3) is 0 Å². The molecular formula is C16H28N4O. The number of amides is 1. The molecule has 0 aliphatic carbocycles. The van der Waals surface area contributed by atoms with Crippen molar-refractivity contribution in [3.63, 3.8) is 0 Å². The number of aromatic nitrogens is 2. The summed E-state index contributed by atoms with van der Waals surface area (Å²) in [4.78, 5) is 14.8. The molecule has 0 bridgehead atoms. The van der Waals surface area contributed by atoms with Crippen LogP contribution in [-0.2, 0) is 11.8 Å². The zero-order valence-electron chi connectivity index (χ0n) is 13.8. The van der Waals surface area contributed by atoms with Gasteiger partial charge in [-0.15, -0.1) is 0 Å². The van der Waals surface area contributed by atoms with Gasteiger partial charge >= 0.3 is 0 Å². The zero-order chi connectivity index (χ0) is 15.4. The lowest BCUT2D eigenvalue weighted by atomic mass is 10.1. The van der Waals surface area contributed by atoms with E-state index in [1.165, 1.54) is 32.1 Å². The smallest absolute Gasteiger partial charge is 0.241 e. The highest BCUT2D eigenvalue weighted by Gasteiger charge is 2.23. The molecule has 1 aromatic rings. The third-order valence-corrected chi connectivity index (χ3v) is 4.58. The Morgan fingerprint density at radius 1 is 1.14 bits per heavy atom. The van der Waals surface area contributed by atoms with Crippen LogP contribution in [0.3, 0.4) is 0 Å². The molecule has 1 aromatic heterocycles. The molecule has 0 aromatic carbocycles. The maximum Gasteiger partial charge on any atom is 0.241 e. The van der Waals surface area contributed by atoms with Crippen LogP contribution < -0.4 is 5.32 Å². The second kappa shape index (κ2) is 7.07. The van der Waals surface area contributed by atoms with Gasteiger partial charge in [-0.25, -0.2) is 0 Å². The number of carbonyl (C=O) groups is 1. The first-order valence-electron chi connectivity index (χ1n) is 8.06. The Labute approximate surface area is 127 Å². The zero-order valence-corrected chi connectivity index (χ0v) is 13.8. The number of carbonyl (C=O) groups excluding carboxylic acids is 1. The summed E-state index contributed by atoms with van der Waals surface area (Å²) in [6.07, 6.45) is 6.30. The van der Waals surface area contributed by atoms with Gasteiger partial charge in [-0.1, -0.05) is 19.3 Å². The van der Waals surface area contributed by atoms with Gasteiger partial charge in [-0.05, 0) is 46.7 Å². The van der Waals surface area contributed by atoms with E-state index >= 15 is 0 Å². The molecular weight excluding hydrogens is 264 g/mol. The van der Waals surface area contributed by atoms with Gasteiger partial charge in [0.2, 0.25) is 5.91 Å². The van der Waals surface area contributed by atoms with Crippen molar-refractivity contribution in [2.45, 2.75) is 58.9 Å². The maximum absolute atomic E-state index is 12.5. The number of aryl methyl sites for hydroxylation is 2. The van der Waals surface area contributed by atoms with E-state index < -0.39 is 0 Å². The number of hydrogen-bond donors (Lipinski definition) is 1. The second-order valence-electron chi connectivity index (χ2n) is 6.14. The van der Waals surface area contributed by atoms with Crippen LogP contribution >= 0.6 is 0 Å². The third kappa shape index (κ3) is 3.84. The number of likely N-dealkylation sites (tertiary alicyclic amines) is 1. The maximum atomic E-state index is 12.5. The van der Waals surface area contributed by atoms with Crippen molar-refractivity contribution in [3.05, 3.63) is 11.4 Å². The second-order valence-corrected chi connectivity index (χ2v) is 6.14. The predicted molar refractivity (Wildman–Crippen MR) is 85.4 cm³/mol. The first kappa shape index (κ1) is 16.0. The van der Waals surface area contributed by atoms with Crippen molar-refractivity contribution in [3.8, 4) is 0 Å². The molecule has 5 heteroatoms. The lowest BCUT2D eigenvalue weighted by Crippen LogP contribution is -2.43. The van der Waals surface area contributed by atoms with E-state index in [1.807, 2.05) is 32.5 Å². The molecule has 1 aliphatic heterocycles. The average Bonchev–Trinajstić information content (AvgIpc) is 2.64. The van der Waals surface area contributed by atoms with Crippen molar-refractivity contribution in [2.75, 3.05) is 18.4 Å². The minimum atomic E-state index is -0.0814. The van der Waals surface area contributed by atoms with Gasteiger partial charge in [0, 0.05) is 7.05 Å². The lowest BCUT2D eigenvalue weighted by molar-refractivity contribution is -0.120. The van der Waals surface area contributed by atoms with Gasteiger partial charge in [0.15, 0.2) is 0 Å². The monoisotopic (exact) mass is 292 g/mol. The average molecular weight is 292 g/mol. The van der Waals surface area contributed by atoms with Crippen LogP contribution in [0.1, 0.15) is 50.4 Å². The fourth-order valence-electron chi connectivity index (χ4n) is 3.01. The Morgan fingerprint density at radius 2 is 1.71 bits per heavy atom. The van der Waals surface area contributed by atoms with E-state index in [-0.39, 0.29) is 11.9 Å². The molecule has 5 nitrogen and oxygen atoms in total. The van der Waals surface area contributed by atoms with Crippen molar-refractivity contribution in [2.24, 2.45) is 7.05 Å². The summed E-state index contributed by atoms with van der Waals surface area (Å²) in [5, 5.41) is 7.42. The first-order valence-corrected chi connectivity index (χ1v) is 8.06. The van der Waals surface area contributed by atoms with Crippen molar-refractivity contribution in [1.82, 2.24) is 14.7 Å². The molecule has 1 atom stereocenters. The molecule has 0 radical (unpaired) electrons. The van der Waals surface area contributed by atoms with Crippen molar-refractivity contribution < 1.29 is 4.79 Å². The fraction of sp³-hybridized carbons (Fsp3) is 0.750. The molecule has 1 fully saturated rings. The number of nitrogens with one attached hydrogen (secondary N) is 1. The molecule has 1 amide bonds. The van der Waals surface area contributed by atoms with Gasteiger partial charge in [0.25, 0.3) is 0 Å². The Hall–Kier alpha value is -1.36. The fourth-order valence-corrected chi connectivity index (χ4v) is 3.01. The summed E-state index contributed by atoms with van der Waals surface area (Å²) in [7, 11) is 1.90. The molecule has 2 rings (SSSR count). The minimum absolute atomic E-state index is 0.0785. The number of rotatable bonds is 3. The quantitative estimate of drug-likeness (QED) is 0.931. The Morgan fingerprint density at radius 3 is 2.24 bits per heavy atom. The standard InChI is InChI=1S/C16H28N4O/c1-12-15(13(2)19(4)18-12)17-16(21)14(3)20-10-8-6-5-7-9-11-20/h14H,5-11H2,1-4H3,(H,17,21)/t14-/m1/s1. The van der Waals surface area contributed by atoms with Crippen LogP contribution in [-0.4, -0.2) is 39.7 Å². The van der Waals surface area contributed by atoms with E-state index in [4.69, 9.17) is 0 Å². The molecule has 21 heavy (non-hydrogen) atoms. The van der Waals surface area contributed by atoms with Gasteiger partial charge in [-0.2, -0.15) is 5.10 Å². The van der Waals surface area contributed by atoms with Gasteiger partial charge in [0.05, 0.1) is 23.1 Å². The van der Waals surface area contributed by atoms with Crippen LogP contribution in [0, 0.1) is 13.8 Å². The first-order chi connectivity index (χ1) is 10.0. The van der Waals surface area contributed by atoms with E-state index in [0.29, 0.717) is 0 Å². The lowest BCUT2D eigenvalue weighted by Gasteiger charge is -2.29. The van der Waals surface area contributed by atoms with Gasteiger partial charge in [-0.3, -0.25) is 14.4 Å². The molecule has 0 saturated carbocycles. The minimum Gasteiger partial charge on any atom is -0.322 e. The van der Waals surface area contributed by atoms with E-state index in [2.05, 4.69) is 15.3 Å². The van der Waals surface area contributed by atoms with E-state index in [0.717, 1.165) is 30.2 Å². The number of anilines is 1. The largest absolute Gasteiger partial charge is 0.322 e. The molecule has 1 N–H and O–H groups in total. The van der Waals surface area contributed by atoms with Gasteiger partial charge in [0.1, 0.15) is 0 Å². The Bertz CT molecular complexity index is 487. The number of hydrogen-bond acceptors (Lipinski definition) is 3. The third-order valence-electron chi connectivity index (χ3n) is 4.58. The van der Waals surface area contributed by atoms with Gasteiger partial charge < -0.3 is 5.32 Å². The SMILES string of the molecule is Cc1nn(C)c(C)c1NC(=O)[C@@H](C)N1CCCCCCC1. The van der Waals surface area contributed by atoms with Crippen LogP contribution in [0.15, 0.2) is 0 Å². The van der Waals surface area contributed by atoms with Crippen molar-refractivity contribution in [1.29, 1.82) is 0 Å².